The molecule has 0 saturated carbocycles. The summed E-state index contributed by atoms with van der Waals surface area (Å²) in [6.07, 6.45) is 1.25. The maximum atomic E-state index is 12.2. The summed E-state index contributed by atoms with van der Waals surface area (Å²) in [5, 5.41) is 12.7. The molecule has 2 atom stereocenters. The van der Waals surface area contributed by atoms with Crippen molar-refractivity contribution in [3.8, 4) is 0 Å². The van der Waals surface area contributed by atoms with E-state index in [1.165, 1.54) is 8.61 Å². The highest BCUT2D eigenvalue weighted by Crippen LogP contribution is 2.19. The van der Waals surface area contributed by atoms with Gasteiger partial charge in [0.25, 0.3) is 10.2 Å². The summed E-state index contributed by atoms with van der Waals surface area (Å²) in [6, 6.07) is -0.342. The van der Waals surface area contributed by atoms with Crippen LogP contribution in [0.3, 0.4) is 0 Å². The lowest BCUT2D eigenvalue weighted by Crippen LogP contribution is -2.49. The van der Waals surface area contributed by atoms with Crippen molar-refractivity contribution >= 4 is 10.2 Å². The number of likely N-dealkylation sites (N-methyl/N-ethyl adjacent to an activating group) is 1. The van der Waals surface area contributed by atoms with E-state index in [9.17, 15) is 13.5 Å². The molecule has 2 aliphatic rings. The van der Waals surface area contributed by atoms with Gasteiger partial charge in [-0.2, -0.15) is 17.0 Å². The minimum atomic E-state index is -3.39. The summed E-state index contributed by atoms with van der Waals surface area (Å²) >= 11 is 0. The smallest absolute Gasteiger partial charge is 0.282 e. The largest absolute Gasteiger partial charge is 0.390 e. The van der Waals surface area contributed by atoms with E-state index in [1.54, 1.807) is 7.05 Å². The molecule has 2 aliphatic heterocycles. The van der Waals surface area contributed by atoms with Gasteiger partial charge in [0.1, 0.15) is 0 Å². The maximum Gasteiger partial charge on any atom is 0.282 e. The molecule has 94 valence electrons. The Morgan fingerprint density at radius 2 is 1.94 bits per heavy atom. The molecule has 6 nitrogen and oxygen atoms in total. The van der Waals surface area contributed by atoms with Crippen LogP contribution >= 0.6 is 0 Å². The van der Waals surface area contributed by atoms with E-state index < -0.39 is 16.3 Å². The van der Waals surface area contributed by atoms with E-state index in [0.29, 0.717) is 26.2 Å². The van der Waals surface area contributed by atoms with Gasteiger partial charge in [0.2, 0.25) is 0 Å². The van der Waals surface area contributed by atoms with Crippen molar-refractivity contribution in [2.75, 3.05) is 33.2 Å². The first-order valence-electron chi connectivity index (χ1n) is 5.65. The van der Waals surface area contributed by atoms with Crippen molar-refractivity contribution in [1.82, 2.24) is 13.9 Å². The van der Waals surface area contributed by atoms with E-state index in [2.05, 4.69) is 5.32 Å². The Morgan fingerprint density at radius 1 is 1.31 bits per heavy atom. The van der Waals surface area contributed by atoms with Crippen LogP contribution in [0.4, 0.5) is 0 Å². The van der Waals surface area contributed by atoms with Gasteiger partial charge in [-0.3, -0.25) is 0 Å². The van der Waals surface area contributed by atoms with Crippen LogP contribution in [-0.4, -0.2) is 67.5 Å². The van der Waals surface area contributed by atoms with Crippen molar-refractivity contribution in [3.05, 3.63) is 0 Å². The van der Waals surface area contributed by atoms with Crippen LogP contribution < -0.4 is 5.32 Å². The first-order valence-corrected chi connectivity index (χ1v) is 7.05. The molecule has 0 bridgehead atoms. The van der Waals surface area contributed by atoms with Crippen molar-refractivity contribution in [2.24, 2.45) is 0 Å². The lowest BCUT2D eigenvalue weighted by Gasteiger charge is -2.29. The van der Waals surface area contributed by atoms with Gasteiger partial charge in [-0.15, -0.1) is 0 Å². The molecule has 2 saturated heterocycles. The molecule has 0 spiro atoms. The molecule has 16 heavy (non-hydrogen) atoms. The number of nitrogens with one attached hydrogen (secondary N) is 1. The second-order valence-electron chi connectivity index (χ2n) is 4.42. The van der Waals surface area contributed by atoms with Gasteiger partial charge in [-0.25, -0.2) is 0 Å². The molecule has 0 aromatic rings. The number of aliphatic hydroxyl groups is 1. The quantitative estimate of drug-likeness (QED) is 0.645. The molecule has 2 heterocycles. The molecule has 0 unspecified atom stereocenters. The minimum Gasteiger partial charge on any atom is -0.390 e. The molecular formula is C9H19N3O3S. The molecule has 0 amide bonds. The highest BCUT2D eigenvalue weighted by molar-refractivity contribution is 7.86. The van der Waals surface area contributed by atoms with Crippen LogP contribution in [0.15, 0.2) is 0 Å². The van der Waals surface area contributed by atoms with Crippen molar-refractivity contribution in [2.45, 2.75) is 25.0 Å². The highest BCUT2D eigenvalue weighted by atomic mass is 32.2. The number of hydrogen-bond donors (Lipinski definition) is 2. The second kappa shape index (κ2) is 4.58. The van der Waals surface area contributed by atoms with Gasteiger partial charge in [0, 0.05) is 33.2 Å². The van der Waals surface area contributed by atoms with Gasteiger partial charge in [0.15, 0.2) is 0 Å². The van der Waals surface area contributed by atoms with E-state index in [1.807, 2.05) is 0 Å². The highest BCUT2D eigenvalue weighted by Gasteiger charge is 2.38. The molecule has 0 aromatic heterocycles. The molecular weight excluding hydrogens is 230 g/mol. The summed E-state index contributed by atoms with van der Waals surface area (Å²) in [5.41, 5.74) is 0. The van der Waals surface area contributed by atoms with Crippen LogP contribution in [0.1, 0.15) is 12.8 Å². The summed E-state index contributed by atoms with van der Waals surface area (Å²) in [7, 11) is -1.84. The predicted molar refractivity (Wildman–Crippen MR) is 60.2 cm³/mol. The van der Waals surface area contributed by atoms with E-state index in [4.69, 9.17) is 0 Å². The topological polar surface area (TPSA) is 72.9 Å². The zero-order valence-corrected chi connectivity index (χ0v) is 10.3. The van der Waals surface area contributed by atoms with Crippen LogP contribution in [0, 0.1) is 0 Å². The molecule has 0 aromatic carbocycles. The van der Waals surface area contributed by atoms with Gasteiger partial charge < -0.3 is 10.4 Å². The molecule has 7 heteroatoms. The van der Waals surface area contributed by atoms with Crippen LogP contribution in [0.2, 0.25) is 0 Å². The Labute approximate surface area is 96.4 Å². The average molecular weight is 249 g/mol. The number of nitrogens with zero attached hydrogens (tertiary/aromatic N) is 2. The van der Waals surface area contributed by atoms with Gasteiger partial charge >= 0.3 is 0 Å². The molecule has 0 aliphatic carbocycles. The summed E-state index contributed by atoms with van der Waals surface area (Å²) in [5.74, 6) is 0. The third-order valence-corrected chi connectivity index (χ3v) is 5.39. The zero-order valence-electron chi connectivity index (χ0n) is 9.46. The summed E-state index contributed by atoms with van der Waals surface area (Å²) in [6.45, 7) is 2.18. The van der Waals surface area contributed by atoms with E-state index >= 15 is 0 Å². The normalized spacial score (nSPS) is 32.7. The van der Waals surface area contributed by atoms with Crippen molar-refractivity contribution in [1.29, 1.82) is 0 Å². The number of aliphatic hydroxyl groups excluding tert-OH is 1. The fraction of sp³-hybridized carbons (Fsp3) is 1.00. The van der Waals surface area contributed by atoms with Gasteiger partial charge in [-0.1, -0.05) is 0 Å². The second-order valence-corrected chi connectivity index (χ2v) is 6.41. The lowest BCUT2D eigenvalue weighted by atomic mass is 10.2. The molecule has 2 rings (SSSR count). The zero-order chi connectivity index (χ0) is 11.8. The van der Waals surface area contributed by atoms with Crippen molar-refractivity contribution in [3.63, 3.8) is 0 Å². The Morgan fingerprint density at radius 3 is 2.44 bits per heavy atom. The summed E-state index contributed by atoms with van der Waals surface area (Å²) < 4.78 is 27.2. The van der Waals surface area contributed by atoms with Crippen LogP contribution in [0.25, 0.3) is 0 Å². The first-order chi connectivity index (χ1) is 7.53. The Bertz CT molecular complexity index is 340. The van der Waals surface area contributed by atoms with Gasteiger partial charge in [-0.05, 0) is 12.8 Å². The minimum absolute atomic E-state index is 0.342. The van der Waals surface area contributed by atoms with E-state index in [-0.39, 0.29) is 6.04 Å². The third-order valence-electron chi connectivity index (χ3n) is 3.37. The number of rotatable bonds is 3. The van der Waals surface area contributed by atoms with Crippen LogP contribution in [-0.2, 0) is 10.2 Å². The molecule has 2 fully saturated rings. The number of β-amino-alcohol motifs (C(OH)–C–C–N with tert-alkyl or cyclic N) is 1. The van der Waals surface area contributed by atoms with E-state index in [0.717, 1.165) is 12.8 Å². The maximum absolute atomic E-state index is 12.2. The Hall–Kier alpha value is -0.210. The predicted octanol–water partition coefficient (Wildman–Crippen LogP) is -1.41. The number of hydrogen-bond acceptors (Lipinski definition) is 4. The first kappa shape index (κ1) is 12.3. The summed E-state index contributed by atoms with van der Waals surface area (Å²) in [4.78, 5) is 0. The standard InChI is InChI=1S/C9H19N3O3S/c1-11(8-6-10-7-9(8)13)16(14,15)12-4-2-3-5-12/h8-10,13H,2-7H2,1H3/t8-,9-/m0/s1. The van der Waals surface area contributed by atoms with Crippen LogP contribution in [0.5, 0.6) is 0 Å². The van der Waals surface area contributed by atoms with Crippen molar-refractivity contribution < 1.29 is 13.5 Å². The fourth-order valence-corrected chi connectivity index (χ4v) is 3.94. The Kier molecular flexibility index (Phi) is 3.50. The SMILES string of the molecule is CN([C@H]1CNC[C@@H]1O)S(=O)(=O)N1CCCC1. The third kappa shape index (κ3) is 2.10. The lowest BCUT2D eigenvalue weighted by molar-refractivity contribution is 0.133. The Balaban J connectivity index is 2.10. The van der Waals surface area contributed by atoms with Gasteiger partial charge in [0.05, 0.1) is 12.1 Å². The molecule has 0 radical (unpaired) electrons. The molecule has 2 N–H and O–H groups in total. The monoisotopic (exact) mass is 249 g/mol. The fourth-order valence-electron chi connectivity index (χ4n) is 2.29. The average Bonchev–Trinajstić information content (AvgIpc) is 2.86.